The Morgan fingerprint density at radius 2 is 1.77 bits per heavy atom. The van der Waals surface area contributed by atoms with Crippen molar-refractivity contribution in [2.45, 2.75) is 45.2 Å². The third kappa shape index (κ3) is 8.30. The lowest BCUT2D eigenvalue weighted by Gasteiger charge is -2.32. The predicted molar refractivity (Wildman–Crippen MR) is 160 cm³/mol. The number of hydrogen-bond acceptors (Lipinski definition) is 6. The van der Waals surface area contributed by atoms with Crippen LogP contribution in [-0.2, 0) is 6.54 Å². The second-order valence-corrected chi connectivity index (χ2v) is 9.48. The summed E-state index contributed by atoms with van der Waals surface area (Å²) in [6.45, 7) is 3.32. The first-order valence-electron chi connectivity index (χ1n) is 13.6. The van der Waals surface area contributed by atoms with Crippen molar-refractivity contribution >= 4 is 28.9 Å². The summed E-state index contributed by atoms with van der Waals surface area (Å²) in [5.41, 5.74) is 4.26. The predicted octanol–water partition coefficient (Wildman–Crippen LogP) is 6.87. The second-order valence-electron chi connectivity index (χ2n) is 9.48. The Kier molecular flexibility index (Phi) is 10.5. The van der Waals surface area contributed by atoms with Gasteiger partial charge in [-0.3, -0.25) is 9.88 Å². The zero-order valence-electron chi connectivity index (χ0n) is 22.8. The van der Waals surface area contributed by atoms with Gasteiger partial charge in [0.05, 0.1) is 17.4 Å². The van der Waals surface area contributed by atoms with Crippen LogP contribution < -0.4 is 20.9 Å². The van der Waals surface area contributed by atoms with E-state index in [1.54, 1.807) is 24.7 Å². The summed E-state index contributed by atoms with van der Waals surface area (Å²) < 4.78 is 0. The molecule has 1 unspecified atom stereocenters. The smallest absolute Gasteiger partial charge is 0.322 e. The molecule has 204 valence electrons. The number of anilines is 4. The van der Waals surface area contributed by atoms with Crippen LogP contribution in [0.25, 0.3) is 0 Å². The number of nitriles is 1. The van der Waals surface area contributed by atoms with E-state index >= 15 is 0 Å². The van der Waals surface area contributed by atoms with Crippen LogP contribution in [0.1, 0.15) is 43.7 Å². The van der Waals surface area contributed by atoms with Crippen molar-refractivity contribution in [3.63, 3.8) is 0 Å². The standard InChI is InChI=1S/C32H35N7O/c1-2-8-29(12-7-20-35-31-18-13-26(21-33)23-36-31)39(32(40)37-22-25-9-4-3-5-10-25)30-16-14-27(15-17-30)38-28-11-6-19-34-24-28/h3-6,9-11,13-19,23-24,29,38H,2,7-8,12,20,22H2,1H3,(H,35,36)(H,37,40). The Bertz CT molecular complexity index is 1350. The Balaban J connectivity index is 1.46. The number of rotatable bonds is 13. The van der Waals surface area contributed by atoms with Crippen LogP contribution in [0.4, 0.5) is 27.7 Å². The lowest BCUT2D eigenvalue weighted by atomic mass is 10.0. The maximum absolute atomic E-state index is 13.7. The third-order valence-corrected chi connectivity index (χ3v) is 6.50. The van der Waals surface area contributed by atoms with Crippen molar-refractivity contribution in [3.05, 3.63) is 109 Å². The van der Waals surface area contributed by atoms with Gasteiger partial charge in [0.15, 0.2) is 0 Å². The van der Waals surface area contributed by atoms with Gasteiger partial charge in [0.1, 0.15) is 11.9 Å². The zero-order chi connectivity index (χ0) is 28.0. The number of hydrogen-bond donors (Lipinski definition) is 3. The first kappa shape index (κ1) is 28.1. The molecule has 3 N–H and O–H groups in total. The SMILES string of the molecule is CCCC(CCCNc1ccc(C#N)cn1)N(C(=O)NCc1ccccc1)c1ccc(Nc2cccnc2)cc1. The van der Waals surface area contributed by atoms with Crippen LogP contribution in [0.15, 0.2) is 97.5 Å². The maximum atomic E-state index is 13.7. The Morgan fingerprint density at radius 3 is 2.45 bits per heavy atom. The Labute approximate surface area is 236 Å². The summed E-state index contributed by atoms with van der Waals surface area (Å²) in [7, 11) is 0. The number of amides is 2. The van der Waals surface area contributed by atoms with Crippen LogP contribution in [-0.4, -0.2) is 28.6 Å². The number of aromatic nitrogens is 2. The highest BCUT2D eigenvalue weighted by molar-refractivity contribution is 5.92. The van der Waals surface area contributed by atoms with Gasteiger partial charge in [-0.05, 0) is 73.4 Å². The summed E-state index contributed by atoms with van der Waals surface area (Å²) in [5.74, 6) is 0.736. The minimum absolute atomic E-state index is 0.0219. The molecule has 0 bridgehead atoms. The van der Waals surface area contributed by atoms with E-state index in [1.807, 2.05) is 77.7 Å². The number of nitrogens with zero attached hydrogens (tertiary/aromatic N) is 4. The van der Waals surface area contributed by atoms with Crippen molar-refractivity contribution in [1.29, 1.82) is 5.26 Å². The molecule has 8 nitrogen and oxygen atoms in total. The van der Waals surface area contributed by atoms with Crippen LogP contribution in [0, 0.1) is 11.3 Å². The molecular formula is C32H35N7O. The van der Waals surface area contributed by atoms with E-state index in [0.29, 0.717) is 18.7 Å². The molecule has 0 aliphatic carbocycles. The normalized spacial score (nSPS) is 11.2. The van der Waals surface area contributed by atoms with Gasteiger partial charge in [0, 0.05) is 42.9 Å². The molecule has 0 spiro atoms. The number of nitrogens with one attached hydrogen (secondary N) is 3. The van der Waals surface area contributed by atoms with Gasteiger partial charge in [-0.2, -0.15) is 5.26 Å². The molecule has 2 heterocycles. The molecule has 0 aliphatic rings. The quantitative estimate of drug-likeness (QED) is 0.162. The van der Waals surface area contributed by atoms with E-state index in [2.05, 4.69) is 38.9 Å². The van der Waals surface area contributed by atoms with Crippen molar-refractivity contribution in [2.24, 2.45) is 0 Å². The van der Waals surface area contributed by atoms with Gasteiger partial charge < -0.3 is 16.0 Å². The van der Waals surface area contributed by atoms with Crippen LogP contribution >= 0.6 is 0 Å². The summed E-state index contributed by atoms with van der Waals surface area (Å²) in [4.78, 5) is 24.0. The van der Waals surface area contributed by atoms with Crippen LogP contribution in [0.5, 0.6) is 0 Å². The number of carbonyl (C=O) groups excluding carboxylic acids is 1. The third-order valence-electron chi connectivity index (χ3n) is 6.50. The van der Waals surface area contributed by atoms with Crippen molar-refractivity contribution in [3.8, 4) is 6.07 Å². The van der Waals surface area contributed by atoms with Gasteiger partial charge in [-0.25, -0.2) is 9.78 Å². The van der Waals surface area contributed by atoms with Gasteiger partial charge >= 0.3 is 6.03 Å². The van der Waals surface area contributed by atoms with Gasteiger partial charge in [0.2, 0.25) is 0 Å². The number of carbonyl (C=O) groups is 1. The van der Waals surface area contributed by atoms with E-state index < -0.39 is 0 Å². The van der Waals surface area contributed by atoms with Gasteiger partial charge in [-0.15, -0.1) is 0 Å². The van der Waals surface area contributed by atoms with E-state index in [-0.39, 0.29) is 12.1 Å². The molecule has 0 saturated heterocycles. The molecule has 0 fully saturated rings. The lowest BCUT2D eigenvalue weighted by molar-refractivity contribution is 0.242. The van der Waals surface area contributed by atoms with E-state index in [0.717, 1.165) is 54.1 Å². The van der Waals surface area contributed by atoms with Crippen molar-refractivity contribution < 1.29 is 4.79 Å². The van der Waals surface area contributed by atoms with Gasteiger partial charge in [0.25, 0.3) is 0 Å². The van der Waals surface area contributed by atoms with Gasteiger partial charge in [-0.1, -0.05) is 43.7 Å². The maximum Gasteiger partial charge on any atom is 0.322 e. The molecule has 0 saturated carbocycles. The fourth-order valence-electron chi connectivity index (χ4n) is 4.52. The topological polar surface area (TPSA) is 106 Å². The highest BCUT2D eigenvalue weighted by Crippen LogP contribution is 2.26. The highest BCUT2D eigenvalue weighted by atomic mass is 16.2. The van der Waals surface area contributed by atoms with Crippen molar-refractivity contribution in [1.82, 2.24) is 15.3 Å². The average molecular weight is 534 g/mol. The fraction of sp³-hybridized carbons (Fsp3) is 0.250. The molecule has 2 aromatic heterocycles. The molecule has 0 radical (unpaired) electrons. The molecule has 1 atom stereocenters. The molecule has 4 rings (SSSR count). The summed E-state index contributed by atoms with van der Waals surface area (Å²) in [6.07, 6.45) is 8.59. The first-order valence-corrected chi connectivity index (χ1v) is 13.6. The highest BCUT2D eigenvalue weighted by Gasteiger charge is 2.24. The first-order chi connectivity index (χ1) is 19.7. The average Bonchev–Trinajstić information content (AvgIpc) is 3.00. The minimum Gasteiger partial charge on any atom is -0.370 e. The second kappa shape index (κ2) is 14.9. The molecule has 4 aromatic rings. The zero-order valence-corrected chi connectivity index (χ0v) is 22.8. The summed E-state index contributed by atoms with van der Waals surface area (Å²) in [5, 5.41) is 18.8. The monoisotopic (exact) mass is 533 g/mol. The molecule has 2 aromatic carbocycles. The Hall–Kier alpha value is -4.90. The lowest BCUT2D eigenvalue weighted by Crippen LogP contribution is -2.46. The molecule has 40 heavy (non-hydrogen) atoms. The summed E-state index contributed by atoms with van der Waals surface area (Å²) >= 11 is 0. The minimum atomic E-state index is -0.114. The molecule has 8 heteroatoms. The number of urea groups is 1. The van der Waals surface area contributed by atoms with Crippen molar-refractivity contribution in [2.75, 3.05) is 22.1 Å². The number of pyridine rings is 2. The molecule has 2 amide bonds. The fourth-order valence-corrected chi connectivity index (χ4v) is 4.52. The number of benzene rings is 2. The van der Waals surface area contributed by atoms with E-state index in [4.69, 9.17) is 5.26 Å². The molecule has 0 aliphatic heterocycles. The summed E-state index contributed by atoms with van der Waals surface area (Å²) in [6, 6.07) is 27.3. The Morgan fingerprint density at radius 1 is 0.950 bits per heavy atom. The van der Waals surface area contributed by atoms with E-state index in [9.17, 15) is 4.79 Å². The van der Waals surface area contributed by atoms with E-state index in [1.165, 1.54) is 0 Å². The van der Waals surface area contributed by atoms with Crippen LogP contribution in [0.3, 0.4) is 0 Å². The molecular weight excluding hydrogens is 498 g/mol. The largest absolute Gasteiger partial charge is 0.370 e. The van der Waals surface area contributed by atoms with Crippen LogP contribution in [0.2, 0.25) is 0 Å².